The minimum atomic E-state index is -0.820. The first-order valence-corrected chi connectivity index (χ1v) is 4.35. The van der Waals surface area contributed by atoms with E-state index in [0.29, 0.717) is 5.56 Å². The van der Waals surface area contributed by atoms with Crippen molar-refractivity contribution in [2.75, 3.05) is 7.11 Å². The molecule has 0 saturated carbocycles. The van der Waals surface area contributed by atoms with Gasteiger partial charge in [-0.2, -0.15) is 0 Å². The largest absolute Gasteiger partial charge is 0.505 e. The fraction of sp³-hybridized carbons (Fsp3) is 0.300. The van der Waals surface area contributed by atoms with Crippen LogP contribution in [0, 0.1) is 5.82 Å². The van der Waals surface area contributed by atoms with Crippen LogP contribution in [-0.2, 0) is 16.0 Å². The van der Waals surface area contributed by atoms with Crippen LogP contribution in [-0.4, -0.2) is 24.2 Å². The minimum Gasteiger partial charge on any atom is -0.505 e. The molecule has 15 heavy (non-hydrogen) atoms. The summed E-state index contributed by atoms with van der Waals surface area (Å²) in [4.78, 5) is 11.0. The van der Waals surface area contributed by atoms with Crippen LogP contribution in [0.2, 0.25) is 0 Å². The molecule has 0 bridgehead atoms. The molecule has 0 aliphatic heterocycles. The van der Waals surface area contributed by atoms with E-state index in [9.17, 15) is 9.18 Å². The highest BCUT2D eigenvalue weighted by Crippen LogP contribution is 2.16. The lowest BCUT2D eigenvalue weighted by Gasteiger charge is -2.09. The van der Waals surface area contributed by atoms with Crippen molar-refractivity contribution >= 4 is 5.97 Å². The maximum Gasteiger partial charge on any atom is 0.322 e. The highest BCUT2D eigenvalue weighted by Gasteiger charge is 2.14. The topological polar surface area (TPSA) is 72.5 Å². The molecule has 0 saturated heterocycles. The summed E-state index contributed by atoms with van der Waals surface area (Å²) in [7, 11) is 1.24. The molecule has 4 nitrogen and oxygen atoms in total. The predicted molar refractivity (Wildman–Crippen MR) is 51.8 cm³/mol. The third-order valence-electron chi connectivity index (χ3n) is 1.97. The van der Waals surface area contributed by atoms with Gasteiger partial charge in [0.15, 0.2) is 11.6 Å². The quantitative estimate of drug-likeness (QED) is 0.720. The van der Waals surface area contributed by atoms with Gasteiger partial charge in [-0.1, -0.05) is 6.07 Å². The van der Waals surface area contributed by atoms with Gasteiger partial charge < -0.3 is 15.6 Å². The molecular formula is C10H12FNO3. The number of aromatic hydroxyl groups is 1. The van der Waals surface area contributed by atoms with E-state index in [2.05, 4.69) is 4.74 Å². The molecule has 1 aromatic carbocycles. The number of methoxy groups -OCH3 is 1. The third-order valence-corrected chi connectivity index (χ3v) is 1.97. The molecule has 82 valence electrons. The number of carbonyl (C=O) groups is 1. The zero-order chi connectivity index (χ0) is 11.4. The highest BCUT2D eigenvalue weighted by molar-refractivity contribution is 5.75. The van der Waals surface area contributed by atoms with Crippen LogP contribution in [0.5, 0.6) is 5.75 Å². The van der Waals surface area contributed by atoms with Crippen LogP contribution >= 0.6 is 0 Å². The van der Waals surface area contributed by atoms with E-state index in [4.69, 9.17) is 10.8 Å². The average molecular weight is 213 g/mol. The smallest absolute Gasteiger partial charge is 0.322 e. The van der Waals surface area contributed by atoms with E-state index in [1.165, 1.54) is 19.2 Å². The summed E-state index contributed by atoms with van der Waals surface area (Å²) in [6.45, 7) is 0. The number of ether oxygens (including phenoxy) is 1. The molecule has 0 heterocycles. The molecule has 0 spiro atoms. The molecular weight excluding hydrogens is 201 g/mol. The number of phenols is 1. The summed E-state index contributed by atoms with van der Waals surface area (Å²) in [6, 6.07) is 3.03. The Balaban J connectivity index is 2.73. The zero-order valence-corrected chi connectivity index (χ0v) is 8.24. The number of nitrogens with two attached hydrogens (primary N) is 1. The van der Waals surface area contributed by atoms with Crippen molar-refractivity contribution in [3.05, 3.63) is 29.6 Å². The Bertz CT molecular complexity index is 368. The summed E-state index contributed by atoms with van der Waals surface area (Å²) < 4.78 is 17.3. The van der Waals surface area contributed by atoms with E-state index in [1.807, 2.05) is 0 Å². The number of halogens is 1. The lowest BCUT2D eigenvalue weighted by atomic mass is 10.1. The Hall–Kier alpha value is -1.62. The third kappa shape index (κ3) is 2.92. The number of hydrogen-bond donors (Lipinski definition) is 2. The van der Waals surface area contributed by atoms with Crippen LogP contribution in [0.25, 0.3) is 0 Å². The van der Waals surface area contributed by atoms with Gasteiger partial charge in [-0.15, -0.1) is 0 Å². The summed E-state index contributed by atoms with van der Waals surface area (Å²) in [6.07, 6.45) is 0.171. The van der Waals surface area contributed by atoms with Crippen molar-refractivity contribution in [3.63, 3.8) is 0 Å². The van der Waals surface area contributed by atoms with Crippen LogP contribution in [0.15, 0.2) is 18.2 Å². The lowest BCUT2D eigenvalue weighted by molar-refractivity contribution is -0.142. The molecule has 0 radical (unpaired) electrons. The molecule has 1 atom stereocenters. The van der Waals surface area contributed by atoms with Gasteiger partial charge in [-0.25, -0.2) is 4.39 Å². The predicted octanol–water partition coefficient (Wildman–Crippen LogP) is 0.574. The molecule has 0 unspecified atom stereocenters. The van der Waals surface area contributed by atoms with E-state index in [-0.39, 0.29) is 6.42 Å². The molecule has 1 rings (SSSR count). The summed E-state index contributed by atoms with van der Waals surface area (Å²) in [5.74, 6) is -1.71. The second-order valence-electron chi connectivity index (χ2n) is 3.12. The van der Waals surface area contributed by atoms with Gasteiger partial charge in [-0.05, 0) is 24.1 Å². The zero-order valence-electron chi connectivity index (χ0n) is 8.24. The van der Waals surface area contributed by atoms with Crippen molar-refractivity contribution in [1.29, 1.82) is 0 Å². The van der Waals surface area contributed by atoms with Crippen LogP contribution in [0.1, 0.15) is 5.56 Å². The first-order chi connectivity index (χ1) is 7.04. The normalized spacial score (nSPS) is 12.2. The van der Waals surface area contributed by atoms with Crippen LogP contribution in [0.3, 0.4) is 0 Å². The van der Waals surface area contributed by atoms with Crippen LogP contribution in [0.4, 0.5) is 4.39 Å². The van der Waals surface area contributed by atoms with Gasteiger partial charge in [-0.3, -0.25) is 4.79 Å². The lowest BCUT2D eigenvalue weighted by Crippen LogP contribution is -2.33. The molecule has 1 aromatic rings. The van der Waals surface area contributed by atoms with E-state index < -0.39 is 23.6 Å². The molecule has 0 amide bonds. The summed E-state index contributed by atoms with van der Waals surface area (Å²) >= 11 is 0. The molecule has 0 aliphatic carbocycles. The van der Waals surface area contributed by atoms with E-state index in [1.54, 1.807) is 0 Å². The van der Waals surface area contributed by atoms with Gasteiger partial charge in [0.25, 0.3) is 0 Å². The van der Waals surface area contributed by atoms with Gasteiger partial charge in [0, 0.05) is 0 Å². The summed E-state index contributed by atoms with van der Waals surface area (Å²) in [5.41, 5.74) is 6.02. The maximum absolute atomic E-state index is 12.9. The number of phenolic OH excluding ortho intramolecular Hbond substituents is 1. The standard InChI is InChI=1S/C10H12FNO3/c1-15-10(14)8(12)5-6-2-3-9(13)7(11)4-6/h2-4,8,13H,5,12H2,1H3/t8-/m0/s1. The first-order valence-electron chi connectivity index (χ1n) is 4.35. The Morgan fingerprint density at radius 3 is 2.87 bits per heavy atom. The second-order valence-corrected chi connectivity index (χ2v) is 3.12. The minimum absolute atomic E-state index is 0.171. The number of carbonyl (C=O) groups excluding carboxylic acids is 1. The molecule has 0 aromatic heterocycles. The van der Waals surface area contributed by atoms with Gasteiger partial charge >= 0.3 is 5.97 Å². The molecule has 5 heteroatoms. The molecule has 0 fully saturated rings. The number of esters is 1. The Labute approximate surface area is 86.5 Å². The Morgan fingerprint density at radius 1 is 1.67 bits per heavy atom. The second kappa shape index (κ2) is 4.75. The van der Waals surface area contributed by atoms with E-state index in [0.717, 1.165) is 6.07 Å². The Morgan fingerprint density at radius 2 is 2.33 bits per heavy atom. The fourth-order valence-corrected chi connectivity index (χ4v) is 1.17. The van der Waals surface area contributed by atoms with Crippen molar-refractivity contribution in [2.45, 2.75) is 12.5 Å². The molecule has 3 N–H and O–H groups in total. The SMILES string of the molecule is COC(=O)[C@@H](N)Cc1ccc(O)c(F)c1. The fourth-order valence-electron chi connectivity index (χ4n) is 1.17. The van der Waals surface area contributed by atoms with Crippen molar-refractivity contribution in [2.24, 2.45) is 5.73 Å². The average Bonchev–Trinajstić information content (AvgIpc) is 2.22. The van der Waals surface area contributed by atoms with Crippen molar-refractivity contribution in [3.8, 4) is 5.75 Å². The van der Waals surface area contributed by atoms with Crippen LogP contribution < -0.4 is 5.73 Å². The van der Waals surface area contributed by atoms with Crippen molar-refractivity contribution < 1.29 is 19.0 Å². The highest BCUT2D eigenvalue weighted by atomic mass is 19.1. The summed E-state index contributed by atoms with van der Waals surface area (Å²) in [5, 5.41) is 8.94. The number of benzene rings is 1. The van der Waals surface area contributed by atoms with Crippen molar-refractivity contribution in [1.82, 2.24) is 0 Å². The van der Waals surface area contributed by atoms with Gasteiger partial charge in [0.1, 0.15) is 6.04 Å². The monoisotopic (exact) mass is 213 g/mol. The number of hydrogen-bond acceptors (Lipinski definition) is 4. The van der Waals surface area contributed by atoms with Gasteiger partial charge in [0.05, 0.1) is 7.11 Å². The number of rotatable bonds is 3. The Kier molecular flexibility index (Phi) is 3.62. The maximum atomic E-state index is 12.9. The van der Waals surface area contributed by atoms with Gasteiger partial charge in [0.2, 0.25) is 0 Å². The van der Waals surface area contributed by atoms with E-state index >= 15 is 0 Å². The molecule has 0 aliphatic rings. The first kappa shape index (κ1) is 11.5.